The van der Waals surface area contributed by atoms with E-state index in [4.69, 9.17) is 23.8 Å². The van der Waals surface area contributed by atoms with Crippen LogP contribution in [0.3, 0.4) is 0 Å². The van der Waals surface area contributed by atoms with E-state index in [9.17, 15) is 0 Å². The van der Waals surface area contributed by atoms with Gasteiger partial charge in [0, 0.05) is 49.4 Å². The third-order valence-corrected chi connectivity index (χ3v) is 11.7. The fourth-order valence-corrected chi connectivity index (χ4v) is 8.69. The van der Waals surface area contributed by atoms with E-state index < -0.39 is 0 Å². The summed E-state index contributed by atoms with van der Waals surface area (Å²) in [7, 11) is 0. The highest BCUT2D eigenvalue weighted by Gasteiger charge is 2.17. The molecule has 0 unspecified atom stereocenters. The number of benzene rings is 9. The third kappa shape index (κ3) is 6.23. The largest absolute Gasteiger partial charge is 0.455 e. The van der Waals surface area contributed by atoms with Crippen LogP contribution in [0, 0.1) is 0 Å². The molecule has 0 radical (unpaired) electrons. The van der Waals surface area contributed by atoms with Gasteiger partial charge in [0.25, 0.3) is 0 Å². The van der Waals surface area contributed by atoms with Crippen molar-refractivity contribution in [2.24, 2.45) is 0 Å². The molecule has 3 heterocycles. The summed E-state index contributed by atoms with van der Waals surface area (Å²) in [5, 5.41) is 4.39. The standard InChI is InChI=1S/C57H35N3O2/c1-3-14-36(15-4-1)55-58-56(37-16-5-2-6-17-37)60-57(59-55)44-23-11-21-41(34-44)39-19-9-18-38(32-39)40-20-10-22-42(33-40)45-25-13-28-49-50-35-43(30-31-52(50)62-54(45)49)46-26-12-27-48-47-24-7-8-29-51(47)61-53(46)48/h1-35H. The number of fused-ring (bicyclic) bond motifs is 6. The van der Waals surface area contributed by atoms with Crippen molar-refractivity contribution in [3.05, 3.63) is 212 Å². The van der Waals surface area contributed by atoms with Crippen LogP contribution in [0.1, 0.15) is 0 Å². The summed E-state index contributed by atoms with van der Waals surface area (Å²) in [6.07, 6.45) is 0. The minimum Gasteiger partial charge on any atom is -0.455 e. The van der Waals surface area contributed by atoms with Gasteiger partial charge in [0.05, 0.1) is 0 Å². The second-order valence-corrected chi connectivity index (χ2v) is 15.6. The molecular formula is C57H35N3O2. The van der Waals surface area contributed by atoms with Gasteiger partial charge in [-0.25, -0.2) is 15.0 Å². The Hall–Kier alpha value is -8.41. The van der Waals surface area contributed by atoms with Crippen LogP contribution in [0.2, 0.25) is 0 Å². The summed E-state index contributed by atoms with van der Waals surface area (Å²) in [6, 6.07) is 73.5. The number of hydrogen-bond donors (Lipinski definition) is 0. The molecular weight excluding hydrogens is 759 g/mol. The first kappa shape index (κ1) is 35.5. The van der Waals surface area contributed by atoms with Gasteiger partial charge >= 0.3 is 0 Å². The van der Waals surface area contributed by atoms with Crippen LogP contribution >= 0.6 is 0 Å². The van der Waals surface area contributed by atoms with Crippen molar-refractivity contribution in [2.75, 3.05) is 0 Å². The summed E-state index contributed by atoms with van der Waals surface area (Å²) in [6.45, 7) is 0. The van der Waals surface area contributed by atoms with E-state index >= 15 is 0 Å². The molecule has 0 saturated heterocycles. The molecule has 0 saturated carbocycles. The second kappa shape index (κ2) is 14.7. The number of aromatic nitrogens is 3. The third-order valence-electron chi connectivity index (χ3n) is 11.7. The summed E-state index contributed by atoms with van der Waals surface area (Å²) < 4.78 is 13.1. The highest BCUT2D eigenvalue weighted by molar-refractivity contribution is 6.13. The first-order chi connectivity index (χ1) is 30.7. The molecule has 5 heteroatoms. The highest BCUT2D eigenvalue weighted by atomic mass is 16.3. The Morgan fingerprint density at radius 1 is 0.242 bits per heavy atom. The molecule has 3 aromatic heterocycles. The lowest BCUT2D eigenvalue weighted by Gasteiger charge is -2.11. The molecule has 9 aromatic carbocycles. The Labute approximate surface area is 357 Å². The molecule has 0 fully saturated rings. The molecule has 0 N–H and O–H groups in total. The van der Waals surface area contributed by atoms with Crippen LogP contribution in [-0.2, 0) is 0 Å². The monoisotopic (exact) mass is 793 g/mol. The molecule has 0 aliphatic carbocycles. The number of rotatable bonds is 7. The smallest absolute Gasteiger partial charge is 0.164 e. The van der Waals surface area contributed by atoms with Crippen molar-refractivity contribution < 1.29 is 8.83 Å². The van der Waals surface area contributed by atoms with Crippen LogP contribution in [0.15, 0.2) is 221 Å². The lowest BCUT2D eigenvalue weighted by molar-refractivity contribution is 0.669. The summed E-state index contributed by atoms with van der Waals surface area (Å²) in [5.41, 5.74) is 15.0. The normalized spacial score (nSPS) is 11.5. The van der Waals surface area contributed by atoms with Crippen LogP contribution in [0.25, 0.3) is 123 Å². The van der Waals surface area contributed by atoms with E-state index in [1.807, 2.05) is 72.8 Å². The first-order valence-electron chi connectivity index (χ1n) is 20.7. The molecule has 0 amide bonds. The number of hydrogen-bond acceptors (Lipinski definition) is 5. The molecule has 12 rings (SSSR count). The van der Waals surface area contributed by atoms with E-state index in [1.54, 1.807) is 0 Å². The van der Waals surface area contributed by atoms with Crippen molar-refractivity contribution in [1.82, 2.24) is 15.0 Å². The van der Waals surface area contributed by atoms with Crippen molar-refractivity contribution >= 4 is 43.9 Å². The Kier molecular flexibility index (Phi) is 8.42. The maximum absolute atomic E-state index is 6.66. The quantitative estimate of drug-likeness (QED) is 0.161. The van der Waals surface area contributed by atoms with Gasteiger partial charge in [-0.3, -0.25) is 0 Å². The lowest BCUT2D eigenvalue weighted by Crippen LogP contribution is -2.00. The van der Waals surface area contributed by atoms with Crippen LogP contribution in [0.5, 0.6) is 0 Å². The summed E-state index contributed by atoms with van der Waals surface area (Å²) in [5.74, 6) is 1.91. The average molecular weight is 794 g/mol. The minimum atomic E-state index is 0.628. The van der Waals surface area contributed by atoms with Gasteiger partial charge in [0.2, 0.25) is 0 Å². The van der Waals surface area contributed by atoms with E-state index in [1.165, 1.54) is 0 Å². The predicted octanol–water partition coefficient (Wildman–Crippen LogP) is 15.3. The topological polar surface area (TPSA) is 65.0 Å². The van der Waals surface area contributed by atoms with E-state index in [0.717, 1.165) is 105 Å². The second-order valence-electron chi connectivity index (χ2n) is 15.6. The molecule has 12 aromatic rings. The van der Waals surface area contributed by atoms with Gasteiger partial charge in [-0.1, -0.05) is 176 Å². The molecule has 62 heavy (non-hydrogen) atoms. The van der Waals surface area contributed by atoms with Gasteiger partial charge in [-0.15, -0.1) is 0 Å². The van der Waals surface area contributed by atoms with Crippen LogP contribution in [-0.4, -0.2) is 15.0 Å². The van der Waals surface area contributed by atoms with E-state index in [2.05, 4.69) is 140 Å². The lowest BCUT2D eigenvalue weighted by atomic mass is 9.95. The van der Waals surface area contributed by atoms with Gasteiger partial charge in [-0.2, -0.15) is 0 Å². The Balaban J connectivity index is 0.890. The summed E-state index contributed by atoms with van der Waals surface area (Å²) in [4.78, 5) is 14.8. The number of para-hydroxylation sites is 3. The van der Waals surface area contributed by atoms with E-state index in [-0.39, 0.29) is 0 Å². The predicted molar refractivity (Wildman–Crippen MR) is 252 cm³/mol. The van der Waals surface area contributed by atoms with Crippen molar-refractivity contribution in [2.45, 2.75) is 0 Å². The fourth-order valence-electron chi connectivity index (χ4n) is 8.69. The van der Waals surface area contributed by atoms with Crippen molar-refractivity contribution in [3.8, 4) is 78.7 Å². The molecule has 5 nitrogen and oxygen atoms in total. The first-order valence-corrected chi connectivity index (χ1v) is 20.7. The SMILES string of the molecule is c1ccc(-c2nc(-c3ccccc3)nc(-c3cccc(-c4cccc(-c5cccc(-c6cccc7c6oc6ccc(-c8cccc9c8oc8ccccc89)cc67)c5)c4)c3)n2)cc1. The maximum Gasteiger partial charge on any atom is 0.164 e. The zero-order valence-corrected chi connectivity index (χ0v) is 33.4. The Bertz CT molecular complexity index is 3590. The molecule has 0 atom stereocenters. The molecule has 0 aliphatic rings. The summed E-state index contributed by atoms with van der Waals surface area (Å²) >= 11 is 0. The molecule has 0 bridgehead atoms. The van der Waals surface area contributed by atoms with Crippen molar-refractivity contribution in [3.63, 3.8) is 0 Å². The maximum atomic E-state index is 6.66. The molecule has 0 aliphatic heterocycles. The van der Waals surface area contributed by atoms with Crippen molar-refractivity contribution in [1.29, 1.82) is 0 Å². The zero-order valence-electron chi connectivity index (χ0n) is 33.4. The molecule has 0 spiro atoms. The van der Waals surface area contributed by atoms with Gasteiger partial charge in [-0.05, 0) is 69.8 Å². The van der Waals surface area contributed by atoms with Crippen LogP contribution < -0.4 is 0 Å². The minimum absolute atomic E-state index is 0.628. The average Bonchev–Trinajstić information content (AvgIpc) is 3.93. The van der Waals surface area contributed by atoms with Gasteiger partial charge < -0.3 is 8.83 Å². The Morgan fingerprint density at radius 2 is 0.629 bits per heavy atom. The Morgan fingerprint density at radius 3 is 1.23 bits per heavy atom. The number of nitrogens with zero attached hydrogens (tertiary/aromatic N) is 3. The van der Waals surface area contributed by atoms with Crippen LogP contribution in [0.4, 0.5) is 0 Å². The number of furan rings is 2. The molecule has 290 valence electrons. The zero-order chi connectivity index (χ0) is 41.0. The fraction of sp³-hybridized carbons (Fsp3) is 0. The van der Waals surface area contributed by atoms with Gasteiger partial charge in [0.1, 0.15) is 22.3 Å². The highest BCUT2D eigenvalue weighted by Crippen LogP contribution is 2.41. The van der Waals surface area contributed by atoms with Gasteiger partial charge in [0.15, 0.2) is 17.5 Å². The van der Waals surface area contributed by atoms with E-state index in [0.29, 0.717) is 17.5 Å².